The highest BCUT2D eigenvalue weighted by Crippen LogP contribution is 2.31. The van der Waals surface area contributed by atoms with Crippen molar-refractivity contribution >= 4 is 0 Å². The summed E-state index contributed by atoms with van der Waals surface area (Å²) in [5.74, 6) is 1.03. The summed E-state index contributed by atoms with van der Waals surface area (Å²) in [7, 11) is 0. The minimum absolute atomic E-state index is 0.373. The van der Waals surface area contributed by atoms with Gasteiger partial charge in [0.2, 0.25) is 0 Å². The summed E-state index contributed by atoms with van der Waals surface area (Å²) < 4.78 is 0. The van der Waals surface area contributed by atoms with E-state index in [9.17, 15) is 0 Å². The Bertz CT molecular complexity index is 464. The highest BCUT2D eigenvalue weighted by atomic mass is 15.8. The van der Waals surface area contributed by atoms with E-state index in [1.807, 2.05) is 0 Å². The van der Waals surface area contributed by atoms with Gasteiger partial charge in [0.25, 0.3) is 0 Å². The number of hydrogen-bond acceptors (Lipinski definition) is 4. The number of hydrogen-bond donors (Lipinski definition) is 2. The van der Waals surface area contributed by atoms with E-state index in [4.69, 9.17) is 0 Å². The first-order chi connectivity index (χ1) is 11.2. The minimum atomic E-state index is 0.373. The molecule has 2 unspecified atom stereocenters. The Morgan fingerprint density at radius 1 is 1.35 bits per heavy atom. The lowest BCUT2D eigenvalue weighted by Crippen LogP contribution is -2.58. The first-order valence-electron chi connectivity index (χ1n) is 9.29. The number of hydrazine groups is 2. The molecule has 4 heteroatoms. The third-order valence-corrected chi connectivity index (χ3v) is 5.42. The molecule has 0 amide bonds. The van der Waals surface area contributed by atoms with Crippen LogP contribution >= 0.6 is 0 Å². The summed E-state index contributed by atoms with van der Waals surface area (Å²) in [4.78, 5) is 0. The summed E-state index contributed by atoms with van der Waals surface area (Å²) in [5.41, 5.74) is 4.83. The van der Waals surface area contributed by atoms with Gasteiger partial charge in [-0.2, -0.15) is 5.53 Å². The maximum absolute atomic E-state index is 3.60. The normalized spacial score (nSPS) is 27.1. The zero-order valence-electron chi connectivity index (χ0n) is 14.7. The number of allylic oxidation sites excluding steroid dienone is 3. The number of nitrogens with zero attached hydrogens (tertiary/aromatic N) is 2. The Hall–Kier alpha value is -1.26. The van der Waals surface area contributed by atoms with E-state index in [1.54, 1.807) is 0 Å². The standard InChI is InChI=1S/C19H32N4/c1-16-7-3-12-19(15-20-16)23-14-6-13-22(21-23)17(2)8-4-9-18-10-5-11-18/h3,6-7,12-13,17-21H,4-5,8-11,14-15H2,1-2H3. The average Bonchev–Trinajstić information content (AvgIpc) is 2.74. The van der Waals surface area contributed by atoms with Gasteiger partial charge in [-0.05, 0) is 32.3 Å². The van der Waals surface area contributed by atoms with Gasteiger partial charge in [0, 0.05) is 31.0 Å². The SMILES string of the molecule is CC1=CC=CC(N2CC=CN(C(C)CCCC3CCC3)N2)CN1. The maximum Gasteiger partial charge on any atom is 0.0620 e. The third-order valence-electron chi connectivity index (χ3n) is 5.42. The smallest absolute Gasteiger partial charge is 0.0620 e. The van der Waals surface area contributed by atoms with Crippen molar-refractivity contribution in [2.45, 2.75) is 64.5 Å². The van der Waals surface area contributed by atoms with Gasteiger partial charge < -0.3 is 5.32 Å². The first-order valence-corrected chi connectivity index (χ1v) is 9.29. The fourth-order valence-electron chi connectivity index (χ4n) is 3.51. The summed E-state index contributed by atoms with van der Waals surface area (Å²) in [6, 6.07) is 0.912. The molecule has 23 heavy (non-hydrogen) atoms. The number of rotatable bonds is 6. The Morgan fingerprint density at radius 2 is 2.22 bits per heavy atom. The van der Waals surface area contributed by atoms with Crippen LogP contribution < -0.4 is 10.9 Å². The highest BCUT2D eigenvalue weighted by molar-refractivity contribution is 5.16. The Balaban J connectivity index is 1.45. The zero-order chi connectivity index (χ0) is 16.1. The largest absolute Gasteiger partial charge is 0.387 e. The topological polar surface area (TPSA) is 30.5 Å². The molecule has 3 rings (SSSR count). The number of nitrogens with one attached hydrogen (secondary N) is 2. The third kappa shape index (κ3) is 4.61. The molecule has 0 aromatic rings. The molecule has 4 nitrogen and oxygen atoms in total. The van der Waals surface area contributed by atoms with Crippen molar-refractivity contribution in [3.8, 4) is 0 Å². The fourth-order valence-corrected chi connectivity index (χ4v) is 3.51. The fraction of sp³-hybridized carbons (Fsp3) is 0.684. The van der Waals surface area contributed by atoms with Crippen molar-refractivity contribution in [1.29, 1.82) is 0 Å². The van der Waals surface area contributed by atoms with E-state index in [0.29, 0.717) is 12.1 Å². The van der Waals surface area contributed by atoms with Crippen LogP contribution in [0.2, 0.25) is 0 Å². The predicted octanol–water partition coefficient (Wildman–Crippen LogP) is 3.33. The second kappa shape index (κ2) is 8.02. The quantitative estimate of drug-likeness (QED) is 0.787. The van der Waals surface area contributed by atoms with E-state index in [1.165, 1.54) is 44.2 Å². The van der Waals surface area contributed by atoms with Gasteiger partial charge in [0.1, 0.15) is 0 Å². The lowest BCUT2D eigenvalue weighted by molar-refractivity contribution is 0.00854. The molecule has 2 atom stereocenters. The minimum Gasteiger partial charge on any atom is -0.387 e. The average molecular weight is 316 g/mol. The van der Waals surface area contributed by atoms with Crippen molar-refractivity contribution < 1.29 is 0 Å². The predicted molar refractivity (Wildman–Crippen MR) is 96.2 cm³/mol. The van der Waals surface area contributed by atoms with Crippen LogP contribution in [-0.4, -0.2) is 35.2 Å². The van der Waals surface area contributed by atoms with Gasteiger partial charge in [-0.1, -0.05) is 50.3 Å². The second-order valence-electron chi connectivity index (χ2n) is 7.30. The zero-order valence-corrected chi connectivity index (χ0v) is 14.7. The molecular formula is C19H32N4. The van der Waals surface area contributed by atoms with Gasteiger partial charge in [0.05, 0.1) is 6.04 Å². The van der Waals surface area contributed by atoms with Gasteiger partial charge in [0.15, 0.2) is 0 Å². The molecule has 0 radical (unpaired) electrons. The van der Waals surface area contributed by atoms with Crippen LogP contribution in [0.15, 0.2) is 36.2 Å². The van der Waals surface area contributed by atoms with Crippen LogP contribution in [0.4, 0.5) is 0 Å². The molecule has 2 N–H and O–H groups in total. The van der Waals surface area contributed by atoms with Crippen molar-refractivity contribution in [1.82, 2.24) is 20.9 Å². The molecule has 1 fully saturated rings. The van der Waals surface area contributed by atoms with E-state index in [2.05, 4.69) is 65.2 Å². The van der Waals surface area contributed by atoms with Crippen molar-refractivity contribution in [2.75, 3.05) is 13.1 Å². The van der Waals surface area contributed by atoms with E-state index >= 15 is 0 Å². The van der Waals surface area contributed by atoms with Crippen LogP contribution in [0.5, 0.6) is 0 Å². The van der Waals surface area contributed by atoms with Crippen molar-refractivity contribution in [3.63, 3.8) is 0 Å². The second-order valence-corrected chi connectivity index (χ2v) is 7.30. The van der Waals surface area contributed by atoms with Crippen molar-refractivity contribution in [2.24, 2.45) is 5.92 Å². The molecule has 0 aromatic carbocycles. The maximum atomic E-state index is 3.60. The Morgan fingerprint density at radius 3 is 3.00 bits per heavy atom. The van der Waals surface area contributed by atoms with Crippen LogP contribution in [-0.2, 0) is 0 Å². The van der Waals surface area contributed by atoms with E-state index in [-0.39, 0.29) is 0 Å². The van der Waals surface area contributed by atoms with Gasteiger partial charge >= 0.3 is 0 Å². The molecule has 2 heterocycles. The lowest BCUT2D eigenvalue weighted by atomic mass is 9.81. The molecule has 0 spiro atoms. The molecule has 3 aliphatic rings. The van der Waals surface area contributed by atoms with Crippen LogP contribution in [0, 0.1) is 5.92 Å². The molecule has 0 saturated heterocycles. The van der Waals surface area contributed by atoms with E-state index in [0.717, 1.165) is 19.0 Å². The molecule has 0 aromatic heterocycles. The molecule has 0 bridgehead atoms. The Kier molecular flexibility index (Phi) is 5.79. The van der Waals surface area contributed by atoms with Gasteiger partial charge in [-0.3, -0.25) is 5.01 Å². The van der Waals surface area contributed by atoms with Crippen LogP contribution in [0.25, 0.3) is 0 Å². The van der Waals surface area contributed by atoms with Gasteiger partial charge in [-0.25, -0.2) is 5.01 Å². The molecule has 2 aliphatic heterocycles. The summed E-state index contributed by atoms with van der Waals surface area (Å²) in [5, 5.41) is 8.07. The first kappa shape index (κ1) is 16.6. The van der Waals surface area contributed by atoms with E-state index < -0.39 is 0 Å². The van der Waals surface area contributed by atoms with Crippen molar-refractivity contribution in [3.05, 3.63) is 36.2 Å². The van der Waals surface area contributed by atoms with Gasteiger partial charge in [-0.15, -0.1) is 0 Å². The molecule has 1 aliphatic carbocycles. The Labute approximate surface area is 141 Å². The molecule has 1 saturated carbocycles. The highest BCUT2D eigenvalue weighted by Gasteiger charge is 2.23. The van der Waals surface area contributed by atoms with Crippen LogP contribution in [0.3, 0.4) is 0 Å². The molecule has 128 valence electrons. The molecular weight excluding hydrogens is 284 g/mol. The lowest BCUT2D eigenvalue weighted by Gasteiger charge is -2.40. The summed E-state index contributed by atoms with van der Waals surface area (Å²) in [6.45, 7) is 6.34. The monoisotopic (exact) mass is 316 g/mol. The summed E-state index contributed by atoms with van der Waals surface area (Å²) >= 11 is 0. The summed E-state index contributed by atoms with van der Waals surface area (Å²) in [6.07, 6.45) is 19.5. The van der Waals surface area contributed by atoms with Crippen LogP contribution in [0.1, 0.15) is 52.4 Å².